The van der Waals surface area contributed by atoms with Gasteiger partial charge in [0.2, 0.25) is 0 Å². The second-order valence-electron chi connectivity index (χ2n) is 12.5. The van der Waals surface area contributed by atoms with Crippen molar-refractivity contribution < 1.29 is 23.8 Å². The van der Waals surface area contributed by atoms with Crippen LogP contribution in [0.1, 0.15) is 59.1 Å². The first-order valence-corrected chi connectivity index (χ1v) is 15.4. The molecule has 0 radical (unpaired) electrons. The maximum Gasteiger partial charge on any atom is 0.408 e. The number of ether oxygens (including phenoxy) is 3. The summed E-state index contributed by atoms with van der Waals surface area (Å²) in [5, 5.41) is 8.78. The lowest BCUT2D eigenvalue weighted by Crippen LogP contribution is -2.61. The summed E-state index contributed by atoms with van der Waals surface area (Å²) in [7, 11) is 1.33. The molecule has 2 aliphatic heterocycles. The van der Waals surface area contributed by atoms with E-state index in [2.05, 4.69) is 15.2 Å². The number of pyridine rings is 3. The number of alkyl carbamates (subject to hydrolysis) is 1. The summed E-state index contributed by atoms with van der Waals surface area (Å²) in [4.78, 5) is 41.7. The van der Waals surface area contributed by atoms with Gasteiger partial charge in [-0.3, -0.25) is 9.97 Å². The molecule has 0 saturated carbocycles. The minimum atomic E-state index is -1.18. The molecule has 2 saturated heterocycles. The summed E-state index contributed by atoms with van der Waals surface area (Å²) in [6.45, 7) is 6.99. The highest BCUT2D eigenvalue weighted by Gasteiger charge is 2.45. The number of piperidine rings is 1. The first-order chi connectivity index (χ1) is 21.7. The Bertz CT molecular complexity index is 1670. The van der Waals surface area contributed by atoms with Crippen LogP contribution in [-0.4, -0.2) is 74.7 Å². The third-order valence-electron chi connectivity index (χ3n) is 8.21. The second-order valence-corrected chi connectivity index (χ2v) is 12.5. The van der Waals surface area contributed by atoms with E-state index >= 15 is 0 Å². The Labute approximate surface area is 262 Å². The zero-order valence-electron chi connectivity index (χ0n) is 26.2. The molecule has 0 aromatic carbocycles. The smallest absolute Gasteiger partial charge is 0.408 e. The van der Waals surface area contributed by atoms with Crippen LogP contribution in [0.5, 0.6) is 0 Å². The van der Waals surface area contributed by atoms with Gasteiger partial charge in [0, 0.05) is 43.0 Å². The number of aromatic nitrogens is 5. The fourth-order valence-corrected chi connectivity index (χ4v) is 5.96. The van der Waals surface area contributed by atoms with Crippen LogP contribution in [0.3, 0.4) is 0 Å². The van der Waals surface area contributed by atoms with Gasteiger partial charge in [-0.15, -0.1) is 0 Å². The van der Waals surface area contributed by atoms with E-state index in [0.717, 1.165) is 52.9 Å². The Hall–Kier alpha value is -4.58. The molecule has 2 fully saturated rings. The lowest BCUT2D eigenvalue weighted by molar-refractivity contribution is -0.149. The maximum absolute atomic E-state index is 12.9. The van der Waals surface area contributed by atoms with Crippen LogP contribution in [0.25, 0.3) is 33.5 Å². The fraction of sp³-hybridized carbons (Fsp3) is 0.455. The zero-order chi connectivity index (χ0) is 31.6. The molecule has 6 heterocycles. The number of fused-ring (bicyclic) bond motifs is 1. The lowest BCUT2D eigenvalue weighted by Gasteiger charge is -2.40. The number of nitrogens with zero attached hydrogens (tertiary/aromatic N) is 6. The van der Waals surface area contributed by atoms with Gasteiger partial charge in [-0.25, -0.2) is 19.3 Å². The molecule has 6 rings (SSSR count). The molecule has 0 bridgehead atoms. The molecular formula is C33H39N7O5. The number of hydrogen-bond acceptors (Lipinski definition) is 10. The molecule has 236 valence electrons. The summed E-state index contributed by atoms with van der Waals surface area (Å²) < 4.78 is 18.6. The molecular weight excluding hydrogens is 574 g/mol. The molecule has 1 unspecified atom stereocenters. The molecule has 1 amide bonds. The second kappa shape index (κ2) is 12.4. The number of rotatable bonds is 6. The third-order valence-corrected chi connectivity index (χ3v) is 8.21. The van der Waals surface area contributed by atoms with Crippen LogP contribution in [0, 0.1) is 0 Å². The molecule has 12 nitrogen and oxygen atoms in total. The summed E-state index contributed by atoms with van der Waals surface area (Å²) in [6.07, 6.45) is 8.22. The number of esters is 1. The van der Waals surface area contributed by atoms with Crippen LogP contribution in [-0.2, 0) is 19.0 Å². The van der Waals surface area contributed by atoms with Gasteiger partial charge in [0.25, 0.3) is 0 Å². The van der Waals surface area contributed by atoms with E-state index in [-0.39, 0.29) is 6.23 Å². The highest BCUT2D eigenvalue weighted by Crippen LogP contribution is 2.35. The number of methoxy groups -OCH3 is 1. The fourth-order valence-electron chi connectivity index (χ4n) is 5.96. The number of hydrogen-bond donors (Lipinski definition) is 1. The van der Waals surface area contributed by atoms with Crippen molar-refractivity contribution in [1.82, 2.24) is 30.0 Å². The van der Waals surface area contributed by atoms with Gasteiger partial charge in [0.15, 0.2) is 6.23 Å². The SMILES string of the molecule is COC(=O)C1(NC(=O)OC(C)(C)C)CCN(c2cccc(-c3nn(C4CCCCO4)c4cnc(-c5cccnc5)cc34)n2)CC1. The highest BCUT2D eigenvalue weighted by atomic mass is 16.6. The van der Waals surface area contributed by atoms with Gasteiger partial charge in [-0.05, 0) is 83.2 Å². The van der Waals surface area contributed by atoms with Crippen molar-refractivity contribution in [3.8, 4) is 22.6 Å². The molecule has 12 heteroatoms. The van der Waals surface area contributed by atoms with Gasteiger partial charge in [-0.1, -0.05) is 6.07 Å². The molecule has 1 atom stereocenters. The van der Waals surface area contributed by atoms with Crippen LogP contribution in [0.15, 0.2) is 55.0 Å². The Morgan fingerprint density at radius 1 is 1.07 bits per heavy atom. The lowest BCUT2D eigenvalue weighted by atomic mass is 9.87. The van der Waals surface area contributed by atoms with Crippen LogP contribution < -0.4 is 10.2 Å². The van der Waals surface area contributed by atoms with E-state index in [1.807, 2.05) is 47.3 Å². The van der Waals surface area contributed by atoms with Crippen molar-refractivity contribution in [2.45, 2.75) is 70.2 Å². The van der Waals surface area contributed by atoms with E-state index in [1.54, 1.807) is 33.2 Å². The van der Waals surface area contributed by atoms with E-state index in [4.69, 9.17) is 29.3 Å². The largest absolute Gasteiger partial charge is 0.467 e. The maximum atomic E-state index is 12.9. The molecule has 45 heavy (non-hydrogen) atoms. The normalized spacial score (nSPS) is 18.4. The zero-order valence-corrected chi connectivity index (χ0v) is 26.2. The minimum absolute atomic E-state index is 0.171. The van der Waals surface area contributed by atoms with Gasteiger partial charge in [0.1, 0.15) is 22.7 Å². The topological polar surface area (TPSA) is 134 Å². The number of anilines is 1. The van der Waals surface area contributed by atoms with E-state index in [9.17, 15) is 9.59 Å². The third kappa shape index (κ3) is 6.46. The summed E-state index contributed by atoms with van der Waals surface area (Å²) in [5.41, 5.74) is 2.16. The van der Waals surface area contributed by atoms with Crippen LogP contribution in [0.2, 0.25) is 0 Å². The Kier molecular flexibility index (Phi) is 8.41. The average Bonchev–Trinajstić information content (AvgIpc) is 3.44. The van der Waals surface area contributed by atoms with Gasteiger partial charge >= 0.3 is 12.1 Å². The number of carbonyl (C=O) groups is 2. The monoisotopic (exact) mass is 613 g/mol. The van der Waals surface area contributed by atoms with Gasteiger partial charge < -0.3 is 24.4 Å². The van der Waals surface area contributed by atoms with Crippen molar-refractivity contribution >= 4 is 28.8 Å². The quantitative estimate of drug-likeness (QED) is 0.286. The molecule has 1 N–H and O–H groups in total. The van der Waals surface area contributed by atoms with Crippen LogP contribution in [0.4, 0.5) is 10.6 Å². The van der Waals surface area contributed by atoms with Crippen molar-refractivity contribution in [1.29, 1.82) is 0 Å². The van der Waals surface area contributed by atoms with Crippen molar-refractivity contribution in [3.63, 3.8) is 0 Å². The van der Waals surface area contributed by atoms with Gasteiger partial charge in [-0.2, -0.15) is 5.10 Å². The molecule has 2 aliphatic rings. The van der Waals surface area contributed by atoms with Crippen LogP contribution >= 0.6 is 0 Å². The molecule has 4 aromatic rings. The summed E-state index contributed by atoms with van der Waals surface area (Å²) in [5.74, 6) is 0.260. The van der Waals surface area contributed by atoms with E-state index < -0.39 is 23.2 Å². The number of nitrogens with one attached hydrogen (secondary N) is 1. The first kappa shape index (κ1) is 30.4. The standard InChI is InChI=1S/C33H39N7O5/c1-32(2,3)45-31(42)37-33(30(41)43-4)13-16-39(17-14-33)27-11-7-10-24(36-27)29-23-19-25(22-9-8-15-34-20-22)35-21-26(23)40(38-29)28-12-5-6-18-44-28/h7-11,15,19-21,28H,5-6,12-14,16-18H2,1-4H3,(H,37,42). The number of carbonyl (C=O) groups excluding carboxylic acids is 2. The number of amides is 1. The Morgan fingerprint density at radius 3 is 2.58 bits per heavy atom. The first-order valence-electron chi connectivity index (χ1n) is 15.4. The highest BCUT2D eigenvalue weighted by molar-refractivity contribution is 5.94. The molecule has 4 aromatic heterocycles. The average molecular weight is 614 g/mol. The molecule has 0 aliphatic carbocycles. The van der Waals surface area contributed by atoms with E-state index in [1.165, 1.54) is 7.11 Å². The van der Waals surface area contributed by atoms with Crippen molar-refractivity contribution in [3.05, 3.63) is 55.0 Å². The van der Waals surface area contributed by atoms with Crippen molar-refractivity contribution in [2.24, 2.45) is 0 Å². The van der Waals surface area contributed by atoms with E-state index in [0.29, 0.717) is 38.2 Å². The summed E-state index contributed by atoms with van der Waals surface area (Å²) in [6, 6.07) is 11.8. The summed E-state index contributed by atoms with van der Waals surface area (Å²) >= 11 is 0. The Balaban J connectivity index is 1.30. The minimum Gasteiger partial charge on any atom is -0.467 e. The van der Waals surface area contributed by atoms with Gasteiger partial charge in [0.05, 0.1) is 30.2 Å². The van der Waals surface area contributed by atoms with Crippen molar-refractivity contribution in [2.75, 3.05) is 31.7 Å². The Morgan fingerprint density at radius 2 is 1.89 bits per heavy atom. The predicted molar refractivity (Wildman–Crippen MR) is 168 cm³/mol. The molecule has 0 spiro atoms. The predicted octanol–water partition coefficient (Wildman–Crippen LogP) is 5.29.